The minimum atomic E-state index is -0.196. The van der Waals surface area contributed by atoms with Gasteiger partial charge in [-0.1, -0.05) is 0 Å². The molecule has 0 saturated heterocycles. The molecule has 1 N–H and O–H groups in total. The maximum absolute atomic E-state index is 6.02. The van der Waals surface area contributed by atoms with Gasteiger partial charge in [0, 0.05) is 25.1 Å². The summed E-state index contributed by atoms with van der Waals surface area (Å²) in [7, 11) is 4.08. The number of hydrogen-bond acceptors (Lipinski definition) is 7. The Morgan fingerprint density at radius 1 is 1.28 bits per heavy atom. The van der Waals surface area contributed by atoms with Crippen LogP contribution < -0.4 is 5.32 Å². The molecule has 0 bridgehead atoms. The molecule has 0 aromatic carbocycles. The van der Waals surface area contributed by atoms with E-state index in [2.05, 4.69) is 40.1 Å². The van der Waals surface area contributed by atoms with Crippen molar-refractivity contribution in [2.24, 2.45) is 0 Å². The highest BCUT2D eigenvalue weighted by atomic mass is 16.5. The van der Waals surface area contributed by atoms with Crippen LogP contribution in [-0.4, -0.2) is 52.6 Å². The molecule has 0 saturated carbocycles. The summed E-state index contributed by atoms with van der Waals surface area (Å²) in [6, 6.07) is 2.09. The van der Waals surface area contributed by atoms with Crippen molar-refractivity contribution in [1.29, 1.82) is 0 Å². The fourth-order valence-electron chi connectivity index (χ4n) is 3.11. The first-order chi connectivity index (χ1) is 11.9. The minimum absolute atomic E-state index is 0.196. The summed E-state index contributed by atoms with van der Waals surface area (Å²) in [6.07, 6.45) is 2.34. The molecule has 4 rings (SSSR count). The molecule has 4 heterocycles. The van der Waals surface area contributed by atoms with E-state index in [4.69, 9.17) is 14.1 Å². The topological polar surface area (TPSA) is 76.3 Å². The number of aromatic nitrogens is 3. The summed E-state index contributed by atoms with van der Waals surface area (Å²) in [5.74, 6) is 0.708. The summed E-state index contributed by atoms with van der Waals surface area (Å²) in [5, 5.41) is 4.24. The highest BCUT2D eigenvalue weighted by Crippen LogP contribution is 2.34. The lowest BCUT2D eigenvalue weighted by molar-refractivity contribution is -0.0411. The average Bonchev–Trinajstić information content (AvgIpc) is 2.90. The van der Waals surface area contributed by atoms with Crippen molar-refractivity contribution in [3.8, 4) is 0 Å². The van der Waals surface area contributed by atoms with Gasteiger partial charge in [-0.15, -0.1) is 0 Å². The number of anilines is 1. The highest BCUT2D eigenvalue weighted by molar-refractivity contribution is 6.04. The number of pyridine rings is 1. The Balaban J connectivity index is 1.76. The van der Waals surface area contributed by atoms with E-state index in [0.717, 1.165) is 41.7 Å². The second kappa shape index (κ2) is 5.93. The molecule has 0 amide bonds. The Morgan fingerprint density at radius 3 is 2.92 bits per heavy atom. The van der Waals surface area contributed by atoms with E-state index in [1.54, 1.807) is 6.33 Å². The first-order valence-corrected chi connectivity index (χ1v) is 8.51. The van der Waals surface area contributed by atoms with Crippen LogP contribution in [0.25, 0.3) is 22.2 Å². The van der Waals surface area contributed by atoms with Crippen molar-refractivity contribution in [2.45, 2.75) is 32.5 Å². The molecule has 132 valence electrons. The molecule has 0 atom stereocenters. The van der Waals surface area contributed by atoms with E-state index >= 15 is 0 Å². The van der Waals surface area contributed by atoms with Crippen molar-refractivity contribution in [3.63, 3.8) is 0 Å². The third-order valence-electron chi connectivity index (χ3n) is 4.48. The van der Waals surface area contributed by atoms with E-state index in [0.29, 0.717) is 23.7 Å². The van der Waals surface area contributed by atoms with Gasteiger partial charge in [0.25, 0.3) is 0 Å². The third-order valence-corrected chi connectivity index (χ3v) is 4.48. The van der Waals surface area contributed by atoms with Crippen LogP contribution in [0, 0.1) is 0 Å². The fraction of sp³-hybridized carbons (Fsp3) is 0.500. The van der Waals surface area contributed by atoms with Gasteiger partial charge in [-0.3, -0.25) is 0 Å². The summed E-state index contributed by atoms with van der Waals surface area (Å²) in [6.45, 7) is 6.42. The maximum atomic E-state index is 6.02. The Labute approximate surface area is 146 Å². The van der Waals surface area contributed by atoms with E-state index in [1.165, 1.54) is 0 Å². The van der Waals surface area contributed by atoms with Crippen LogP contribution in [0.1, 0.15) is 25.1 Å². The average molecular weight is 341 g/mol. The molecule has 0 unspecified atom stereocenters. The predicted octanol–water partition coefficient (Wildman–Crippen LogP) is 2.60. The van der Waals surface area contributed by atoms with E-state index in [-0.39, 0.29) is 5.60 Å². The monoisotopic (exact) mass is 341 g/mol. The van der Waals surface area contributed by atoms with Crippen molar-refractivity contribution in [2.75, 3.05) is 32.5 Å². The standard InChI is InChI=1S/C18H23N5O2/c1-18(2)8-13-11(9-24-18)7-12-14-15(25-17(12)22-13)16(21-10-20-14)19-5-6-23(3)4/h7,10H,5-6,8-9H2,1-4H3,(H,19,20,21). The normalized spacial score (nSPS) is 16.5. The van der Waals surface area contributed by atoms with Gasteiger partial charge >= 0.3 is 0 Å². The molecule has 0 spiro atoms. The molecule has 0 fully saturated rings. The third kappa shape index (κ3) is 3.05. The van der Waals surface area contributed by atoms with Crippen LogP contribution in [0.2, 0.25) is 0 Å². The van der Waals surface area contributed by atoms with E-state index < -0.39 is 0 Å². The van der Waals surface area contributed by atoms with Crippen LogP contribution in [-0.2, 0) is 17.8 Å². The fourth-order valence-corrected chi connectivity index (χ4v) is 3.11. The van der Waals surface area contributed by atoms with Gasteiger partial charge < -0.3 is 19.4 Å². The number of ether oxygens (including phenoxy) is 1. The summed E-state index contributed by atoms with van der Waals surface area (Å²) < 4.78 is 11.9. The SMILES string of the molecule is CN(C)CCNc1ncnc2c1oc1nc3c(cc12)COC(C)(C)C3. The Bertz CT molecular complexity index is 932. The number of furan rings is 1. The number of likely N-dealkylation sites (N-methyl/N-ethyl adjacent to an activating group) is 1. The lowest BCUT2D eigenvalue weighted by atomic mass is 9.95. The van der Waals surface area contributed by atoms with E-state index in [1.807, 2.05) is 14.1 Å². The summed E-state index contributed by atoms with van der Waals surface area (Å²) >= 11 is 0. The van der Waals surface area contributed by atoms with Crippen molar-refractivity contribution < 1.29 is 9.15 Å². The van der Waals surface area contributed by atoms with Crippen LogP contribution in [0.4, 0.5) is 5.82 Å². The molecule has 3 aromatic rings. The van der Waals surface area contributed by atoms with Crippen LogP contribution in [0.5, 0.6) is 0 Å². The Hall–Kier alpha value is -2.25. The van der Waals surface area contributed by atoms with Gasteiger partial charge in [-0.2, -0.15) is 0 Å². The van der Waals surface area contributed by atoms with Gasteiger partial charge in [-0.05, 0) is 34.0 Å². The maximum Gasteiger partial charge on any atom is 0.229 e. The molecule has 7 heteroatoms. The predicted molar refractivity (Wildman–Crippen MR) is 96.7 cm³/mol. The molecule has 7 nitrogen and oxygen atoms in total. The molecule has 1 aliphatic heterocycles. The lowest BCUT2D eigenvalue weighted by Gasteiger charge is -2.30. The smallest absolute Gasteiger partial charge is 0.229 e. The second-order valence-electron chi connectivity index (χ2n) is 7.40. The summed E-state index contributed by atoms with van der Waals surface area (Å²) in [4.78, 5) is 15.6. The largest absolute Gasteiger partial charge is 0.432 e. The van der Waals surface area contributed by atoms with Crippen molar-refractivity contribution in [1.82, 2.24) is 19.9 Å². The number of nitrogens with one attached hydrogen (secondary N) is 1. The lowest BCUT2D eigenvalue weighted by Crippen LogP contribution is -2.32. The number of fused-ring (bicyclic) bond motifs is 4. The van der Waals surface area contributed by atoms with Gasteiger partial charge in [-0.25, -0.2) is 15.0 Å². The second-order valence-corrected chi connectivity index (χ2v) is 7.40. The summed E-state index contributed by atoms with van der Waals surface area (Å²) in [5.41, 5.74) is 4.01. The van der Waals surface area contributed by atoms with Gasteiger partial charge in [0.2, 0.25) is 5.71 Å². The Morgan fingerprint density at radius 2 is 2.12 bits per heavy atom. The number of rotatable bonds is 4. The van der Waals surface area contributed by atoms with Crippen molar-refractivity contribution in [3.05, 3.63) is 23.7 Å². The zero-order valence-corrected chi connectivity index (χ0v) is 15.1. The van der Waals surface area contributed by atoms with Crippen LogP contribution in [0.15, 0.2) is 16.8 Å². The highest BCUT2D eigenvalue weighted by Gasteiger charge is 2.28. The number of nitrogens with zero attached hydrogens (tertiary/aromatic N) is 4. The minimum Gasteiger partial charge on any atom is -0.432 e. The van der Waals surface area contributed by atoms with E-state index in [9.17, 15) is 0 Å². The van der Waals surface area contributed by atoms with Crippen LogP contribution in [0.3, 0.4) is 0 Å². The molecule has 1 aliphatic rings. The molecule has 25 heavy (non-hydrogen) atoms. The van der Waals surface area contributed by atoms with Crippen LogP contribution >= 0.6 is 0 Å². The van der Waals surface area contributed by atoms with Gasteiger partial charge in [0.1, 0.15) is 11.8 Å². The van der Waals surface area contributed by atoms with Crippen molar-refractivity contribution >= 4 is 28.0 Å². The number of hydrogen-bond donors (Lipinski definition) is 1. The molecule has 0 aliphatic carbocycles. The molecular weight excluding hydrogens is 318 g/mol. The quantitative estimate of drug-likeness (QED) is 0.781. The zero-order chi connectivity index (χ0) is 17.6. The molecule has 0 radical (unpaired) electrons. The molecule has 3 aromatic heterocycles. The first-order valence-electron chi connectivity index (χ1n) is 8.51. The zero-order valence-electron chi connectivity index (χ0n) is 15.1. The Kier molecular flexibility index (Phi) is 3.85. The first kappa shape index (κ1) is 16.2. The van der Waals surface area contributed by atoms with Gasteiger partial charge in [0.15, 0.2) is 11.4 Å². The molecular formula is C18H23N5O2. The van der Waals surface area contributed by atoms with Gasteiger partial charge in [0.05, 0.1) is 23.3 Å².